The summed E-state index contributed by atoms with van der Waals surface area (Å²) in [7, 11) is 1.92. The highest BCUT2D eigenvalue weighted by molar-refractivity contribution is 4.95. The van der Waals surface area contributed by atoms with Crippen LogP contribution in [0.15, 0.2) is 0 Å². The van der Waals surface area contributed by atoms with Crippen LogP contribution in [-0.4, -0.2) is 38.0 Å². The van der Waals surface area contributed by atoms with Gasteiger partial charge in [-0.05, 0) is 57.9 Å². The highest BCUT2D eigenvalue weighted by Gasteiger charge is 2.39. The van der Waals surface area contributed by atoms with Crippen molar-refractivity contribution in [3.63, 3.8) is 0 Å². The molecule has 1 saturated carbocycles. The minimum absolute atomic E-state index is 0.0873. The van der Waals surface area contributed by atoms with Gasteiger partial charge in [0.2, 0.25) is 0 Å². The Morgan fingerprint density at radius 1 is 1.24 bits per heavy atom. The minimum Gasteiger partial charge on any atom is -0.378 e. The normalized spacial score (nSPS) is 26.9. The van der Waals surface area contributed by atoms with Crippen molar-refractivity contribution in [2.75, 3.05) is 20.3 Å². The van der Waals surface area contributed by atoms with E-state index in [9.17, 15) is 0 Å². The van der Waals surface area contributed by atoms with Crippen molar-refractivity contribution in [3.8, 4) is 0 Å². The van der Waals surface area contributed by atoms with Gasteiger partial charge in [-0.25, -0.2) is 0 Å². The number of rotatable bonds is 9. The van der Waals surface area contributed by atoms with Gasteiger partial charge in [0, 0.05) is 19.8 Å². The third-order valence-corrected chi connectivity index (χ3v) is 5.43. The monoisotopic (exact) mass is 297 g/mol. The highest BCUT2D eigenvalue weighted by atomic mass is 16.5. The summed E-state index contributed by atoms with van der Waals surface area (Å²) >= 11 is 0. The molecule has 0 bridgehead atoms. The molecule has 1 saturated heterocycles. The first-order chi connectivity index (χ1) is 10.3. The molecule has 2 fully saturated rings. The van der Waals surface area contributed by atoms with Crippen molar-refractivity contribution in [3.05, 3.63) is 0 Å². The van der Waals surface area contributed by atoms with Gasteiger partial charge in [-0.15, -0.1) is 0 Å². The maximum absolute atomic E-state index is 6.07. The summed E-state index contributed by atoms with van der Waals surface area (Å²) in [5.74, 6) is 0. The fourth-order valence-corrected chi connectivity index (χ4v) is 4.14. The molecule has 0 aromatic carbocycles. The molecule has 0 aromatic heterocycles. The number of hydrogen-bond donors (Lipinski definition) is 1. The maximum Gasteiger partial charge on any atom is 0.0830 e. The van der Waals surface area contributed by atoms with Crippen LogP contribution in [0.2, 0.25) is 0 Å². The van der Waals surface area contributed by atoms with Crippen LogP contribution in [0.3, 0.4) is 0 Å². The molecule has 2 aliphatic rings. The second-order valence-electron chi connectivity index (χ2n) is 6.90. The second-order valence-corrected chi connectivity index (χ2v) is 6.90. The average Bonchev–Trinajstić information content (AvgIpc) is 3.04. The van der Waals surface area contributed by atoms with Crippen LogP contribution in [0.5, 0.6) is 0 Å². The number of nitrogens with one attached hydrogen (secondary N) is 1. The lowest BCUT2D eigenvalue weighted by Gasteiger charge is -2.43. The van der Waals surface area contributed by atoms with Gasteiger partial charge in [-0.3, -0.25) is 0 Å². The Morgan fingerprint density at radius 2 is 2.05 bits per heavy atom. The van der Waals surface area contributed by atoms with E-state index in [4.69, 9.17) is 9.47 Å². The zero-order valence-corrected chi connectivity index (χ0v) is 14.2. The van der Waals surface area contributed by atoms with Crippen molar-refractivity contribution in [1.82, 2.24) is 5.32 Å². The van der Waals surface area contributed by atoms with E-state index < -0.39 is 0 Å². The summed E-state index contributed by atoms with van der Waals surface area (Å²) in [5.41, 5.74) is 0.0873. The molecule has 1 aliphatic carbocycles. The third-order valence-electron chi connectivity index (χ3n) is 5.43. The van der Waals surface area contributed by atoms with Gasteiger partial charge in [0.1, 0.15) is 0 Å². The van der Waals surface area contributed by atoms with E-state index in [0.717, 1.165) is 13.2 Å². The van der Waals surface area contributed by atoms with Crippen LogP contribution in [0.1, 0.15) is 77.6 Å². The van der Waals surface area contributed by atoms with Gasteiger partial charge in [0.25, 0.3) is 0 Å². The van der Waals surface area contributed by atoms with Gasteiger partial charge in [-0.1, -0.05) is 26.2 Å². The van der Waals surface area contributed by atoms with Crippen molar-refractivity contribution < 1.29 is 9.47 Å². The van der Waals surface area contributed by atoms with Gasteiger partial charge in [-0.2, -0.15) is 0 Å². The molecule has 3 heteroatoms. The van der Waals surface area contributed by atoms with E-state index in [2.05, 4.69) is 12.2 Å². The fourth-order valence-electron chi connectivity index (χ4n) is 4.14. The Balaban J connectivity index is 1.85. The molecule has 124 valence electrons. The van der Waals surface area contributed by atoms with Crippen LogP contribution < -0.4 is 5.32 Å². The lowest BCUT2D eigenvalue weighted by Crippen LogP contribution is -2.53. The Hall–Kier alpha value is -0.120. The molecule has 1 aliphatic heterocycles. The molecular weight excluding hydrogens is 262 g/mol. The molecule has 0 radical (unpaired) electrons. The van der Waals surface area contributed by atoms with E-state index in [1.807, 2.05) is 7.11 Å². The molecule has 1 heterocycles. The minimum atomic E-state index is 0.0873. The Morgan fingerprint density at radius 3 is 2.67 bits per heavy atom. The highest BCUT2D eigenvalue weighted by Crippen LogP contribution is 2.36. The lowest BCUT2D eigenvalue weighted by atomic mass is 9.77. The molecule has 2 unspecified atom stereocenters. The summed E-state index contributed by atoms with van der Waals surface area (Å²) < 4.78 is 11.8. The quantitative estimate of drug-likeness (QED) is 0.696. The summed E-state index contributed by atoms with van der Waals surface area (Å²) in [4.78, 5) is 0. The Bertz CT molecular complexity index is 270. The predicted molar refractivity (Wildman–Crippen MR) is 87.7 cm³/mol. The maximum atomic E-state index is 6.07. The molecule has 1 N–H and O–H groups in total. The van der Waals surface area contributed by atoms with E-state index >= 15 is 0 Å². The number of hydrogen-bond acceptors (Lipinski definition) is 3. The summed E-state index contributed by atoms with van der Waals surface area (Å²) in [6.45, 7) is 4.33. The number of ether oxygens (including phenoxy) is 2. The SMILES string of the molecule is CCCNC(CCCC1CCCO1)C1(OC)CCCCC1. The number of methoxy groups -OCH3 is 1. The van der Waals surface area contributed by atoms with Gasteiger partial charge in [0.05, 0.1) is 11.7 Å². The lowest BCUT2D eigenvalue weighted by molar-refractivity contribution is -0.0701. The van der Waals surface area contributed by atoms with Crippen molar-refractivity contribution in [1.29, 1.82) is 0 Å². The molecular formula is C18H35NO2. The van der Waals surface area contributed by atoms with Crippen LogP contribution in [-0.2, 0) is 9.47 Å². The van der Waals surface area contributed by atoms with Crippen molar-refractivity contribution in [2.45, 2.75) is 95.3 Å². The van der Waals surface area contributed by atoms with Crippen LogP contribution in [0.25, 0.3) is 0 Å². The van der Waals surface area contributed by atoms with E-state index in [1.54, 1.807) is 0 Å². The zero-order valence-electron chi connectivity index (χ0n) is 14.2. The molecule has 2 atom stereocenters. The molecule has 0 spiro atoms. The smallest absolute Gasteiger partial charge is 0.0830 e. The van der Waals surface area contributed by atoms with Crippen molar-refractivity contribution >= 4 is 0 Å². The average molecular weight is 297 g/mol. The van der Waals surface area contributed by atoms with E-state index in [0.29, 0.717) is 12.1 Å². The van der Waals surface area contributed by atoms with Crippen molar-refractivity contribution in [2.24, 2.45) is 0 Å². The first kappa shape index (κ1) is 17.2. The Kier molecular flexibility index (Phi) is 7.48. The summed E-state index contributed by atoms with van der Waals surface area (Å²) in [5, 5.41) is 3.79. The van der Waals surface area contributed by atoms with Crippen LogP contribution >= 0.6 is 0 Å². The zero-order chi connectivity index (χ0) is 15.0. The largest absolute Gasteiger partial charge is 0.378 e. The Labute approximate surface area is 131 Å². The first-order valence-electron chi connectivity index (χ1n) is 9.21. The molecule has 0 amide bonds. The predicted octanol–water partition coefficient (Wildman–Crippen LogP) is 4.05. The van der Waals surface area contributed by atoms with Gasteiger partial charge >= 0.3 is 0 Å². The van der Waals surface area contributed by atoms with E-state index in [1.165, 1.54) is 70.6 Å². The summed E-state index contributed by atoms with van der Waals surface area (Å²) in [6.07, 6.45) is 14.4. The third kappa shape index (κ3) is 4.94. The second kappa shape index (κ2) is 9.12. The molecule has 0 aromatic rings. The standard InChI is InChI=1S/C18H35NO2/c1-3-14-19-17(11-7-9-16-10-8-15-21-16)18(20-2)12-5-4-6-13-18/h16-17,19H,3-15H2,1-2H3. The van der Waals surface area contributed by atoms with E-state index in [-0.39, 0.29) is 5.60 Å². The topological polar surface area (TPSA) is 30.5 Å². The fraction of sp³-hybridized carbons (Fsp3) is 1.00. The molecule has 3 nitrogen and oxygen atoms in total. The van der Waals surface area contributed by atoms with Crippen LogP contribution in [0.4, 0.5) is 0 Å². The first-order valence-corrected chi connectivity index (χ1v) is 9.21. The summed E-state index contributed by atoms with van der Waals surface area (Å²) in [6, 6.07) is 0.518. The molecule has 2 rings (SSSR count). The van der Waals surface area contributed by atoms with Gasteiger partial charge in [0.15, 0.2) is 0 Å². The molecule has 21 heavy (non-hydrogen) atoms. The van der Waals surface area contributed by atoms with Gasteiger partial charge < -0.3 is 14.8 Å². The van der Waals surface area contributed by atoms with Crippen LogP contribution in [0, 0.1) is 0 Å².